The van der Waals surface area contributed by atoms with Gasteiger partial charge >= 0.3 is 5.97 Å². The number of nitrogens with zero attached hydrogens (tertiary/aromatic N) is 1. The molecule has 3 aliphatic heterocycles. The van der Waals surface area contributed by atoms with Crippen molar-refractivity contribution in [2.24, 2.45) is 4.99 Å². The molecule has 244 valence electrons. The number of hydrogen-bond acceptors (Lipinski definition) is 10. The van der Waals surface area contributed by atoms with Crippen molar-refractivity contribution in [3.8, 4) is 17.2 Å². The molecule has 3 heterocycles. The van der Waals surface area contributed by atoms with Crippen LogP contribution >= 0.6 is 0 Å². The Morgan fingerprint density at radius 3 is 2.72 bits per heavy atom. The zero-order valence-electron chi connectivity index (χ0n) is 26.6. The van der Waals surface area contributed by atoms with E-state index >= 15 is 0 Å². The van der Waals surface area contributed by atoms with Crippen molar-refractivity contribution < 1.29 is 43.9 Å². The molecular weight excluding hydrogens is 590 g/mol. The van der Waals surface area contributed by atoms with Crippen LogP contribution in [0.4, 0.5) is 0 Å². The number of ketones is 1. The molecule has 3 N–H and O–H groups in total. The molecule has 4 aliphatic rings. The standard InChI is InChI=1S/C36H41NO9/c1-4-44-35(41)29-17-24(21-8-10-28(40)23(16-21)20-7-9-27-22(15-20)11-13-37-27)31-33(43-3)25-18-30(36(2,42)12-5-6-14-38)46-32(25)26(19-39)34(31)45-29/h7,9,11,15,17,23,30,38-39,42H,4-6,8,10,12-14,16,18-19H2,1-3H3. The van der Waals surface area contributed by atoms with Gasteiger partial charge in [-0.3, -0.25) is 9.79 Å². The number of rotatable bonds is 10. The number of allylic oxidation sites excluding steroid dienone is 3. The van der Waals surface area contributed by atoms with E-state index in [1.54, 1.807) is 27.0 Å². The quantitative estimate of drug-likeness (QED) is 0.266. The molecule has 0 radical (unpaired) electrons. The van der Waals surface area contributed by atoms with E-state index in [2.05, 4.69) is 11.1 Å². The average Bonchev–Trinajstić information content (AvgIpc) is 3.71. The van der Waals surface area contributed by atoms with E-state index in [0.29, 0.717) is 85.3 Å². The van der Waals surface area contributed by atoms with E-state index < -0.39 is 24.3 Å². The third-order valence-corrected chi connectivity index (χ3v) is 9.50. The largest absolute Gasteiger partial charge is 0.496 e. The first-order chi connectivity index (χ1) is 22.2. The van der Waals surface area contributed by atoms with Crippen LogP contribution in [0.15, 0.2) is 40.6 Å². The van der Waals surface area contributed by atoms with Gasteiger partial charge in [0.1, 0.15) is 29.1 Å². The predicted octanol–water partition coefficient (Wildman–Crippen LogP) is 2.95. The van der Waals surface area contributed by atoms with Crippen LogP contribution in [-0.4, -0.2) is 65.6 Å². The number of hydrogen-bond donors (Lipinski definition) is 3. The molecule has 2 aromatic rings. The Morgan fingerprint density at radius 2 is 1.98 bits per heavy atom. The van der Waals surface area contributed by atoms with Crippen molar-refractivity contribution in [1.82, 2.24) is 0 Å². The van der Waals surface area contributed by atoms with Gasteiger partial charge in [0, 0.05) is 30.9 Å². The van der Waals surface area contributed by atoms with Gasteiger partial charge in [0.15, 0.2) is 0 Å². The summed E-state index contributed by atoms with van der Waals surface area (Å²) in [5.74, 6) is 0.145. The summed E-state index contributed by atoms with van der Waals surface area (Å²) in [6.45, 7) is 3.78. The van der Waals surface area contributed by atoms with Crippen molar-refractivity contribution in [2.45, 2.75) is 83.0 Å². The lowest BCUT2D eigenvalue weighted by Gasteiger charge is -2.30. The molecular formula is C36H41NO9. The lowest BCUT2D eigenvalue weighted by Crippen LogP contribution is -2.42. The number of fused-ring (bicyclic) bond motifs is 3. The second-order valence-electron chi connectivity index (χ2n) is 12.5. The highest BCUT2D eigenvalue weighted by molar-refractivity contribution is 5.98. The summed E-state index contributed by atoms with van der Waals surface area (Å²) in [5.41, 5.74) is 2.96. The first-order valence-corrected chi connectivity index (χ1v) is 16.0. The maximum Gasteiger partial charge on any atom is 0.374 e. The Morgan fingerprint density at radius 1 is 1.15 bits per heavy atom. The van der Waals surface area contributed by atoms with Crippen molar-refractivity contribution >= 4 is 23.4 Å². The van der Waals surface area contributed by atoms with Crippen molar-refractivity contribution in [1.29, 1.82) is 0 Å². The summed E-state index contributed by atoms with van der Waals surface area (Å²) in [4.78, 5) is 30.9. The van der Waals surface area contributed by atoms with E-state index in [1.165, 1.54) is 0 Å². The summed E-state index contributed by atoms with van der Waals surface area (Å²) in [7, 11) is 1.55. The van der Waals surface area contributed by atoms with Crippen molar-refractivity contribution in [3.05, 3.63) is 68.4 Å². The Hall–Kier alpha value is -3.99. The lowest BCUT2D eigenvalue weighted by atomic mass is 9.76. The fourth-order valence-electron chi connectivity index (χ4n) is 7.04. The Balaban J connectivity index is 1.48. The molecule has 10 heteroatoms. The Kier molecular flexibility index (Phi) is 9.05. The summed E-state index contributed by atoms with van der Waals surface area (Å²) >= 11 is 0. The normalized spacial score (nSPS) is 22.7. The van der Waals surface area contributed by atoms with Crippen LogP contribution in [0.25, 0.3) is 11.6 Å². The lowest BCUT2D eigenvalue weighted by molar-refractivity contribution is -0.141. The minimum Gasteiger partial charge on any atom is -0.496 e. The second kappa shape index (κ2) is 13.0. The SMILES string of the molecule is CCOC(=O)C1=CC(=C2CCC(=O)C(c3ccc4c(c3)=CCN=4)C2)c2c(OC)c3c(c(CO)c2O1)OC(C(C)(O)CCCCO)C3. The molecule has 2 aromatic carbocycles. The summed E-state index contributed by atoms with van der Waals surface area (Å²) in [6, 6.07) is 5.97. The van der Waals surface area contributed by atoms with Gasteiger partial charge in [-0.2, -0.15) is 0 Å². The summed E-state index contributed by atoms with van der Waals surface area (Å²) < 4.78 is 23.9. The number of ether oxygens (including phenoxy) is 4. The molecule has 0 aromatic heterocycles. The van der Waals surface area contributed by atoms with E-state index in [0.717, 1.165) is 21.7 Å². The molecule has 0 saturated heterocycles. The van der Waals surface area contributed by atoms with Gasteiger partial charge in [0.05, 0.1) is 49.0 Å². The van der Waals surface area contributed by atoms with Gasteiger partial charge in [-0.15, -0.1) is 0 Å². The molecule has 46 heavy (non-hydrogen) atoms. The maximum absolute atomic E-state index is 13.3. The highest BCUT2D eigenvalue weighted by Crippen LogP contribution is 2.55. The zero-order valence-corrected chi connectivity index (χ0v) is 26.6. The van der Waals surface area contributed by atoms with Crippen LogP contribution in [-0.2, 0) is 27.4 Å². The van der Waals surface area contributed by atoms with E-state index in [9.17, 15) is 24.9 Å². The Bertz CT molecular complexity index is 1750. The third-order valence-electron chi connectivity index (χ3n) is 9.50. The van der Waals surface area contributed by atoms with Crippen LogP contribution in [0, 0.1) is 0 Å². The first kappa shape index (κ1) is 32.0. The van der Waals surface area contributed by atoms with Gasteiger partial charge in [0.25, 0.3) is 0 Å². The zero-order chi connectivity index (χ0) is 32.6. The predicted molar refractivity (Wildman–Crippen MR) is 169 cm³/mol. The van der Waals surface area contributed by atoms with E-state index in [-0.39, 0.29) is 36.4 Å². The van der Waals surface area contributed by atoms with Crippen LogP contribution in [0.3, 0.4) is 0 Å². The van der Waals surface area contributed by atoms with Gasteiger partial charge in [-0.25, -0.2) is 4.79 Å². The number of carbonyl (C=O) groups excluding carboxylic acids is 2. The number of carbonyl (C=O) groups is 2. The van der Waals surface area contributed by atoms with Crippen LogP contribution < -0.4 is 24.8 Å². The summed E-state index contributed by atoms with van der Waals surface area (Å²) in [5, 5.41) is 33.3. The van der Waals surface area contributed by atoms with Crippen molar-refractivity contribution in [2.75, 3.05) is 26.9 Å². The van der Waals surface area contributed by atoms with Crippen LogP contribution in [0.1, 0.15) is 80.5 Å². The number of methoxy groups -OCH3 is 1. The van der Waals surface area contributed by atoms with E-state index in [1.807, 2.05) is 18.2 Å². The fourth-order valence-corrected chi connectivity index (χ4v) is 7.04. The molecule has 3 atom stereocenters. The molecule has 6 rings (SSSR count). The smallest absolute Gasteiger partial charge is 0.374 e. The number of unbranched alkanes of at least 4 members (excludes halogenated alkanes) is 1. The second-order valence-corrected chi connectivity index (χ2v) is 12.5. The molecule has 0 spiro atoms. The van der Waals surface area contributed by atoms with E-state index in [4.69, 9.17) is 18.9 Å². The molecule has 0 bridgehead atoms. The first-order valence-electron chi connectivity index (χ1n) is 16.0. The minimum absolute atomic E-state index is 0.0365. The number of aliphatic hydroxyl groups is 3. The minimum atomic E-state index is -1.22. The monoisotopic (exact) mass is 631 g/mol. The number of esters is 1. The topological polar surface area (TPSA) is 144 Å². The maximum atomic E-state index is 13.3. The van der Waals surface area contributed by atoms with Gasteiger partial charge in [-0.05, 0) is 80.5 Å². The van der Waals surface area contributed by atoms with Gasteiger partial charge in [-0.1, -0.05) is 17.7 Å². The van der Waals surface area contributed by atoms with Gasteiger partial charge in [0.2, 0.25) is 5.76 Å². The highest BCUT2D eigenvalue weighted by atomic mass is 16.6. The molecule has 10 nitrogen and oxygen atoms in total. The number of aliphatic hydroxyl groups excluding tert-OH is 2. The van der Waals surface area contributed by atoms with Crippen molar-refractivity contribution in [3.63, 3.8) is 0 Å². The Labute approximate surface area is 267 Å². The van der Waals surface area contributed by atoms with Crippen LogP contribution in [0.2, 0.25) is 0 Å². The fraction of sp³-hybridized carbons (Fsp3) is 0.472. The number of Topliss-reactive ketones (excluding diaryl/α,β-unsaturated/α-hetero) is 1. The molecule has 1 fully saturated rings. The summed E-state index contributed by atoms with van der Waals surface area (Å²) in [6.07, 6.45) is 6.22. The van der Waals surface area contributed by atoms with Gasteiger partial charge < -0.3 is 34.3 Å². The van der Waals surface area contributed by atoms with Crippen LogP contribution in [0.5, 0.6) is 17.2 Å². The molecule has 1 saturated carbocycles. The molecule has 1 aliphatic carbocycles. The highest BCUT2D eigenvalue weighted by Gasteiger charge is 2.44. The number of benzene rings is 2. The molecule has 3 unspecified atom stereocenters. The third kappa shape index (κ3) is 5.74. The average molecular weight is 632 g/mol. The molecule has 0 amide bonds.